The van der Waals surface area contributed by atoms with E-state index in [0.29, 0.717) is 44.8 Å². The van der Waals surface area contributed by atoms with Crippen LogP contribution in [0.1, 0.15) is 69.9 Å². The number of piperidine rings is 1. The number of ether oxygens (including phenoxy) is 1. The number of amides is 1. The van der Waals surface area contributed by atoms with Gasteiger partial charge in [0, 0.05) is 30.9 Å². The van der Waals surface area contributed by atoms with E-state index in [0.717, 1.165) is 24.5 Å². The van der Waals surface area contributed by atoms with Gasteiger partial charge in [-0.05, 0) is 56.3 Å². The number of hydrogen-bond donors (Lipinski definition) is 0. The number of benzene rings is 3. The molecule has 0 radical (unpaired) electrons. The van der Waals surface area contributed by atoms with Crippen LogP contribution < -0.4 is 0 Å². The summed E-state index contributed by atoms with van der Waals surface area (Å²) >= 11 is 1.55. The minimum atomic E-state index is -0.152. The van der Waals surface area contributed by atoms with Crippen LogP contribution >= 0.6 is 11.3 Å². The molecule has 7 heteroatoms. The molecule has 0 N–H and O–H groups in total. The highest BCUT2D eigenvalue weighted by atomic mass is 32.1. The summed E-state index contributed by atoms with van der Waals surface area (Å²) in [5.74, 6) is -0.0427. The number of carbonyl (C=O) groups is 2. The van der Waals surface area contributed by atoms with Gasteiger partial charge in [-0.2, -0.15) is 0 Å². The molecule has 0 spiro atoms. The maximum atomic E-state index is 13.3. The summed E-state index contributed by atoms with van der Waals surface area (Å²) in [6.07, 6.45) is 2.23. The number of thiazole rings is 1. The first-order chi connectivity index (χ1) is 21.0. The molecular formula is C36H41N3O3S. The van der Waals surface area contributed by atoms with Gasteiger partial charge in [-0.15, -0.1) is 11.3 Å². The highest BCUT2D eigenvalue weighted by molar-refractivity contribution is 7.09. The lowest BCUT2D eigenvalue weighted by Crippen LogP contribution is -2.40. The Morgan fingerprint density at radius 2 is 1.56 bits per heavy atom. The van der Waals surface area contributed by atoms with Crippen molar-refractivity contribution in [1.29, 1.82) is 0 Å². The molecule has 6 nitrogen and oxygen atoms in total. The van der Waals surface area contributed by atoms with Crippen molar-refractivity contribution in [2.75, 3.05) is 26.2 Å². The monoisotopic (exact) mass is 595 g/mol. The minimum Gasteiger partial charge on any atom is -0.466 e. The average molecular weight is 596 g/mol. The fourth-order valence-corrected chi connectivity index (χ4v) is 6.60. The maximum absolute atomic E-state index is 13.3. The molecule has 1 aromatic heterocycles. The van der Waals surface area contributed by atoms with Crippen LogP contribution in [0.15, 0.2) is 90.3 Å². The first-order valence-corrected chi connectivity index (χ1v) is 16.2. The summed E-state index contributed by atoms with van der Waals surface area (Å²) in [6, 6.07) is 30.2. The highest BCUT2D eigenvalue weighted by Gasteiger charge is 2.29. The van der Waals surface area contributed by atoms with Crippen LogP contribution in [0.5, 0.6) is 0 Å². The van der Waals surface area contributed by atoms with Crippen LogP contribution in [0.25, 0.3) is 0 Å². The van der Waals surface area contributed by atoms with E-state index >= 15 is 0 Å². The second-order valence-electron chi connectivity index (χ2n) is 11.3. The Kier molecular flexibility index (Phi) is 10.7. The molecule has 2 heterocycles. The second kappa shape index (κ2) is 15.1. The summed E-state index contributed by atoms with van der Waals surface area (Å²) < 4.78 is 5.18. The predicted octanol–water partition coefficient (Wildman–Crippen LogP) is 7.09. The van der Waals surface area contributed by atoms with Crippen LogP contribution in [-0.4, -0.2) is 52.9 Å². The normalized spacial score (nSPS) is 13.9. The molecule has 0 atom stereocenters. The predicted molar refractivity (Wildman–Crippen MR) is 172 cm³/mol. The van der Waals surface area contributed by atoms with Crippen LogP contribution in [0.4, 0.5) is 0 Å². The van der Waals surface area contributed by atoms with Crippen molar-refractivity contribution in [2.45, 2.75) is 52.1 Å². The van der Waals surface area contributed by atoms with Crippen molar-refractivity contribution in [3.8, 4) is 0 Å². The average Bonchev–Trinajstić information content (AvgIpc) is 3.51. The largest absolute Gasteiger partial charge is 0.466 e. The topological polar surface area (TPSA) is 62.7 Å². The third-order valence-electron chi connectivity index (χ3n) is 8.20. The fraction of sp³-hybridized carbons (Fsp3) is 0.361. The Bertz CT molecular complexity index is 1410. The first kappa shape index (κ1) is 30.6. The van der Waals surface area contributed by atoms with Crippen molar-refractivity contribution >= 4 is 23.2 Å². The number of aromatic nitrogens is 1. The molecule has 5 rings (SSSR count). The maximum Gasteiger partial charge on any atom is 0.309 e. The van der Waals surface area contributed by atoms with Crippen molar-refractivity contribution in [2.24, 2.45) is 5.92 Å². The highest BCUT2D eigenvalue weighted by Crippen LogP contribution is 2.29. The minimum absolute atomic E-state index is 0.0527. The van der Waals surface area contributed by atoms with Gasteiger partial charge < -0.3 is 9.64 Å². The van der Waals surface area contributed by atoms with Crippen molar-refractivity contribution < 1.29 is 14.3 Å². The van der Waals surface area contributed by atoms with Gasteiger partial charge in [-0.25, -0.2) is 4.98 Å². The third kappa shape index (κ3) is 8.39. The van der Waals surface area contributed by atoms with E-state index in [2.05, 4.69) is 96.8 Å². The Labute approximate surface area is 259 Å². The molecular weight excluding hydrogens is 554 g/mol. The number of esters is 1. The van der Waals surface area contributed by atoms with Crippen LogP contribution in [0.3, 0.4) is 0 Å². The molecule has 0 aliphatic carbocycles. The molecule has 3 aromatic carbocycles. The molecule has 1 fully saturated rings. The first-order valence-electron chi connectivity index (χ1n) is 15.3. The number of nitrogens with zero attached hydrogens (tertiary/aromatic N) is 3. The molecule has 43 heavy (non-hydrogen) atoms. The van der Waals surface area contributed by atoms with Gasteiger partial charge in [-0.3, -0.25) is 14.5 Å². The summed E-state index contributed by atoms with van der Waals surface area (Å²) in [6.45, 7) is 7.78. The zero-order valence-corrected chi connectivity index (χ0v) is 26.0. The number of hydrogen-bond acceptors (Lipinski definition) is 6. The second-order valence-corrected chi connectivity index (χ2v) is 12.2. The summed E-state index contributed by atoms with van der Waals surface area (Å²) in [4.78, 5) is 34.5. The lowest BCUT2D eigenvalue weighted by Gasteiger charge is -2.30. The van der Waals surface area contributed by atoms with Crippen molar-refractivity contribution in [3.63, 3.8) is 0 Å². The summed E-state index contributed by atoms with van der Waals surface area (Å²) in [7, 11) is 0. The van der Waals surface area contributed by atoms with E-state index < -0.39 is 0 Å². The van der Waals surface area contributed by atoms with Crippen molar-refractivity contribution in [3.05, 3.63) is 123 Å². The van der Waals surface area contributed by atoms with Gasteiger partial charge >= 0.3 is 5.97 Å². The quantitative estimate of drug-likeness (QED) is 0.164. The van der Waals surface area contributed by atoms with Gasteiger partial charge in [0.2, 0.25) is 0 Å². The van der Waals surface area contributed by atoms with Gasteiger partial charge in [0.05, 0.1) is 19.1 Å². The summed E-state index contributed by atoms with van der Waals surface area (Å²) in [5, 5.41) is 2.82. The van der Waals surface area contributed by atoms with E-state index in [4.69, 9.17) is 9.72 Å². The number of aryl methyl sites for hydroxylation is 1. The van der Waals surface area contributed by atoms with E-state index in [1.54, 1.807) is 11.3 Å². The Hall–Kier alpha value is -3.81. The molecule has 0 saturated carbocycles. The van der Waals surface area contributed by atoms with Gasteiger partial charge in [-0.1, -0.05) is 90.5 Å². The third-order valence-corrected chi connectivity index (χ3v) is 9.03. The smallest absolute Gasteiger partial charge is 0.309 e. The van der Waals surface area contributed by atoms with Gasteiger partial charge in [0.1, 0.15) is 10.7 Å². The molecule has 0 unspecified atom stereocenters. The zero-order valence-electron chi connectivity index (χ0n) is 25.2. The van der Waals surface area contributed by atoms with Crippen LogP contribution in [0, 0.1) is 12.8 Å². The van der Waals surface area contributed by atoms with E-state index in [1.807, 2.05) is 17.2 Å². The molecule has 1 amide bonds. The summed E-state index contributed by atoms with van der Waals surface area (Å²) in [5.41, 5.74) is 5.64. The molecule has 1 aliphatic rings. The van der Waals surface area contributed by atoms with E-state index in [9.17, 15) is 9.59 Å². The Balaban J connectivity index is 1.28. The Morgan fingerprint density at radius 3 is 2.16 bits per heavy atom. The van der Waals surface area contributed by atoms with Crippen molar-refractivity contribution in [1.82, 2.24) is 14.8 Å². The van der Waals surface area contributed by atoms with E-state index in [-0.39, 0.29) is 23.7 Å². The van der Waals surface area contributed by atoms with E-state index in [1.165, 1.54) is 22.3 Å². The molecule has 1 aliphatic heterocycles. The fourth-order valence-electron chi connectivity index (χ4n) is 5.79. The molecule has 1 saturated heterocycles. The van der Waals surface area contributed by atoms with Crippen LogP contribution in [0.2, 0.25) is 0 Å². The number of carbonyl (C=O) groups excluding carboxylic acids is 2. The number of likely N-dealkylation sites (tertiary alicyclic amines) is 1. The number of rotatable bonds is 12. The lowest BCUT2D eigenvalue weighted by molar-refractivity contribution is -0.149. The van der Waals surface area contributed by atoms with Gasteiger partial charge in [0.25, 0.3) is 5.91 Å². The van der Waals surface area contributed by atoms with Crippen LogP contribution in [-0.2, 0) is 22.6 Å². The standard InChI is InChI=1S/C36H41N3O3S/c1-3-42-36(41)31-18-22-39(23-19-31)35(40)33-26-43-34(37-33)25-38(24-28-16-14-27(2)15-17-28)21-20-32(29-10-6-4-7-11-29)30-12-8-5-9-13-30/h4-17,26,31-32H,3,18-25H2,1-2H3. The molecule has 224 valence electrons. The SMILES string of the molecule is CCOC(=O)C1CCN(C(=O)c2csc(CN(CCC(c3ccccc3)c3ccccc3)Cc3ccc(C)cc3)n2)CC1. The molecule has 4 aromatic rings. The molecule has 0 bridgehead atoms. The lowest BCUT2D eigenvalue weighted by atomic mass is 9.88. The Morgan fingerprint density at radius 1 is 0.930 bits per heavy atom. The van der Waals surface area contributed by atoms with Gasteiger partial charge in [0.15, 0.2) is 0 Å². The zero-order chi connectivity index (χ0) is 30.0.